The molecular weight excluding hydrogens is 574 g/mol. The molecule has 1 aromatic heterocycles. The normalized spacial score (nSPS) is 11.6. The summed E-state index contributed by atoms with van der Waals surface area (Å²) in [7, 11) is 0. The van der Waals surface area contributed by atoms with Crippen LogP contribution in [0.5, 0.6) is 11.5 Å². The van der Waals surface area contributed by atoms with Gasteiger partial charge < -0.3 is 4.74 Å². The van der Waals surface area contributed by atoms with Crippen LogP contribution in [0, 0.1) is 0 Å². The summed E-state index contributed by atoms with van der Waals surface area (Å²) in [6.07, 6.45) is 0. The largest absolute Gasteiger partial charge is 0.456 e. The molecule has 0 radical (unpaired) electrons. The minimum Gasteiger partial charge on any atom is -0.456 e. The number of hydrogen-bond acceptors (Lipinski definition) is 4. The van der Waals surface area contributed by atoms with Crippen LogP contribution in [0.3, 0.4) is 0 Å². The van der Waals surface area contributed by atoms with E-state index in [1.165, 1.54) is 22.3 Å². The third-order valence-corrected chi connectivity index (χ3v) is 8.73. The molecule has 8 aromatic rings. The first-order chi connectivity index (χ1) is 23.3. The van der Waals surface area contributed by atoms with E-state index in [4.69, 9.17) is 19.7 Å². The van der Waals surface area contributed by atoms with Gasteiger partial charge in [-0.25, -0.2) is 15.0 Å². The van der Waals surface area contributed by atoms with E-state index in [0.29, 0.717) is 17.5 Å². The van der Waals surface area contributed by atoms with Crippen LogP contribution in [0.15, 0.2) is 164 Å². The zero-order chi connectivity index (χ0) is 31.2. The van der Waals surface area contributed by atoms with Crippen LogP contribution in [0.4, 0.5) is 0 Å². The fourth-order valence-electron chi connectivity index (χ4n) is 6.46. The first kappa shape index (κ1) is 27.0. The predicted molar refractivity (Wildman–Crippen MR) is 190 cm³/mol. The van der Waals surface area contributed by atoms with Crippen molar-refractivity contribution in [2.45, 2.75) is 0 Å². The van der Waals surface area contributed by atoms with Crippen molar-refractivity contribution in [2.75, 3.05) is 0 Å². The number of benzene rings is 7. The second kappa shape index (κ2) is 11.2. The van der Waals surface area contributed by atoms with Gasteiger partial charge in [0.15, 0.2) is 17.5 Å². The quantitative estimate of drug-likeness (QED) is 0.197. The number of rotatable bonds is 5. The SMILES string of the molecule is c1ccc(-c2cccc(-c3ccc4c5c(cccc35)-c3ccc(-c5nc(-c6ccccc6)nc(-c6ccccc6)n5)cc3O4)c2)cc1. The van der Waals surface area contributed by atoms with E-state index >= 15 is 0 Å². The Labute approximate surface area is 272 Å². The van der Waals surface area contributed by atoms with Crippen LogP contribution in [0.2, 0.25) is 0 Å². The first-order valence-corrected chi connectivity index (χ1v) is 15.7. The lowest BCUT2D eigenvalue weighted by molar-refractivity contribution is 0.487. The first-order valence-electron chi connectivity index (χ1n) is 15.7. The molecule has 7 aromatic carbocycles. The topological polar surface area (TPSA) is 47.9 Å². The van der Waals surface area contributed by atoms with Crippen LogP contribution in [0.1, 0.15) is 0 Å². The molecule has 1 aliphatic rings. The average Bonchev–Trinajstić information content (AvgIpc) is 3.16. The second-order valence-corrected chi connectivity index (χ2v) is 11.6. The lowest BCUT2D eigenvalue weighted by Crippen LogP contribution is -2.01. The molecule has 0 fully saturated rings. The van der Waals surface area contributed by atoms with Gasteiger partial charge in [0.1, 0.15) is 11.5 Å². The fourth-order valence-corrected chi connectivity index (χ4v) is 6.46. The zero-order valence-electron chi connectivity index (χ0n) is 25.3. The average molecular weight is 602 g/mol. The predicted octanol–water partition coefficient (Wildman–Crippen LogP) is 11.1. The molecule has 0 unspecified atom stereocenters. The molecule has 0 aliphatic carbocycles. The summed E-state index contributed by atoms with van der Waals surface area (Å²) in [6.45, 7) is 0. The van der Waals surface area contributed by atoms with Crippen molar-refractivity contribution in [3.8, 4) is 79.0 Å². The van der Waals surface area contributed by atoms with Crippen LogP contribution in [-0.2, 0) is 0 Å². The summed E-state index contributed by atoms with van der Waals surface area (Å²) in [5, 5.41) is 2.28. The van der Waals surface area contributed by atoms with E-state index in [-0.39, 0.29) is 0 Å². The standard InChI is InChI=1S/C43H27N3O/c1-4-12-28(13-5-1)31-18-10-19-32(26-31)34-24-25-38-40-36(34)20-11-21-37(40)35-23-22-33(27-39(35)47-38)43-45-41(29-14-6-2-7-15-29)44-42(46-43)30-16-8-3-9-17-30/h1-27H. The molecule has 4 heteroatoms. The minimum atomic E-state index is 0.599. The summed E-state index contributed by atoms with van der Waals surface area (Å²) >= 11 is 0. The molecule has 0 atom stereocenters. The molecule has 0 N–H and O–H groups in total. The van der Waals surface area contributed by atoms with Gasteiger partial charge in [-0.05, 0) is 57.5 Å². The van der Waals surface area contributed by atoms with Gasteiger partial charge in [-0.2, -0.15) is 0 Å². The van der Waals surface area contributed by atoms with Crippen molar-refractivity contribution in [3.05, 3.63) is 164 Å². The molecule has 0 bridgehead atoms. The Balaban J connectivity index is 1.15. The van der Waals surface area contributed by atoms with Crippen molar-refractivity contribution in [3.63, 3.8) is 0 Å². The van der Waals surface area contributed by atoms with Gasteiger partial charge in [0.2, 0.25) is 0 Å². The molecule has 220 valence electrons. The van der Waals surface area contributed by atoms with Crippen LogP contribution >= 0.6 is 0 Å². The van der Waals surface area contributed by atoms with Crippen LogP contribution in [-0.4, -0.2) is 15.0 Å². The highest BCUT2D eigenvalue weighted by Crippen LogP contribution is 2.49. The number of aromatic nitrogens is 3. The van der Waals surface area contributed by atoms with Crippen molar-refractivity contribution >= 4 is 10.8 Å². The maximum Gasteiger partial charge on any atom is 0.164 e. The second-order valence-electron chi connectivity index (χ2n) is 11.6. The van der Waals surface area contributed by atoms with Gasteiger partial charge in [0.05, 0.1) is 0 Å². The number of fused-ring (bicyclic) bond motifs is 2. The van der Waals surface area contributed by atoms with Crippen LogP contribution in [0.25, 0.3) is 78.3 Å². The Kier molecular flexibility index (Phi) is 6.43. The molecule has 47 heavy (non-hydrogen) atoms. The lowest BCUT2D eigenvalue weighted by atomic mass is 9.89. The van der Waals surface area contributed by atoms with Gasteiger partial charge in [-0.15, -0.1) is 0 Å². The van der Waals surface area contributed by atoms with Crippen molar-refractivity contribution in [1.29, 1.82) is 0 Å². The molecule has 0 spiro atoms. The van der Waals surface area contributed by atoms with Crippen molar-refractivity contribution in [1.82, 2.24) is 15.0 Å². The third kappa shape index (κ3) is 4.84. The Hall–Kier alpha value is -6.39. The number of nitrogens with zero attached hydrogens (tertiary/aromatic N) is 3. The maximum absolute atomic E-state index is 6.65. The monoisotopic (exact) mass is 601 g/mol. The van der Waals surface area contributed by atoms with E-state index in [1.807, 2.05) is 66.7 Å². The Morgan fingerprint density at radius 3 is 1.55 bits per heavy atom. The highest BCUT2D eigenvalue weighted by atomic mass is 16.5. The summed E-state index contributed by atoms with van der Waals surface area (Å²) in [5.41, 5.74) is 9.69. The highest BCUT2D eigenvalue weighted by molar-refractivity contribution is 6.10. The van der Waals surface area contributed by atoms with E-state index in [1.54, 1.807) is 0 Å². The highest BCUT2D eigenvalue weighted by Gasteiger charge is 2.23. The summed E-state index contributed by atoms with van der Waals surface area (Å²) in [6, 6.07) is 56.4. The van der Waals surface area contributed by atoms with Gasteiger partial charge in [0, 0.05) is 27.6 Å². The van der Waals surface area contributed by atoms with Crippen molar-refractivity contribution < 1.29 is 4.74 Å². The fraction of sp³-hybridized carbons (Fsp3) is 0. The molecular formula is C43H27N3O. The lowest BCUT2D eigenvalue weighted by Gasteiger charge is -2.23. The van der Waals surface area contributed by atoms with Crippen molar-refractivity contribution in [2.24, 2.45) is 0 Å². The Bertz CT molecular complexity index is 2370. The van der Waals surface area contributed by atoms with Gasteiger partial charge in [-0.1, -0.05) is 140 Å². The van der Waals surface area contributed by atoms with E-state index in [9.17, 15) is 0 Å². The molecule has 9 rings (SSSR count). The summed E-state index contributed by atoms with van der Waals surface area (Å²) in [5.74, 6) is 3.49. The van der Waals surface area contributed by atoms with Gasteiger partial charge in [0.25, 0.3) is 0 Å². The van der Waals surface area contributed by atoms with Crippen LogP contribution < -0.4 is 4.74 Å². The van der Waals surface area contributed by atoms with Gasteiger partial charge >= 0.3 is 0 Å². The van der Waals surface area contributed by atoms with E-state index in [0.717, 1.165) is 50.1 Å². The third-order valence-electron chi connectivity index (χ3n) is 8.73. The molecule has 0 amide bonds. The maximum atomic E-state index is 6.65. The number of ether oxygens (including phenoxy) is 1. The molecule has 2 heterocycles. The summed E-state index contributed by atoms with van der Waals surface area (Å²) < 4.78 is 6.65. The zero-order valence-corrected chi connectivity index (χ0v) is 25.3. The minimum absolute atomic E-state index is 0.599. The molecule has 4 nitrogen and oxygen atoms in total. The Morgan fingerprint density at radius 2 is 0.872 bits per heavy atom. The van der Waals surface area contributed by atoms with E-state index in [2.05, 4.69) is 97.1 Å². The van der Waals surface area contributed by atoms with Gasteiger partial charge in [-0.3, -0.25) is 0 Å². The number of hydrogen-bond donors (Lipinski definition) is 0. The Morgan fingerprint density at radius 1 is 0.319 bits per heavy atom. The van der Waals surface area contributed by atoms with E-state index < -0.39 is 0 Å². The molecule has 0 saturated carbocycles. The summed E-state index contributed by atoms with van der Waals surface area (Å²) in [4.78, 5) is 14.7. The molecule has 1 aliphatic heterocycles. The molecule has 0 saturated heterocycles. The smallest absolute Gasteiger partial charge is 0.164 e.